The van der Waals surface area contributed by atoms with Gasteiger partial charge in [0.2, 0.25) is 5.91 Å². The number of guanidine groups is 1. The first-order chi connectivity index (χ1) is 13.0. The number of alkyl halides is 2. The summed E-state index contributed by atoms with van der Waals surface area (Å²) in [7, 11) is 0. The van der Waals surface area contributed by atoms with Crippen molar-refractivity contribution in [2.45, 2.75) is 26.6 Å². The zero-order chi connectivity index (χ0) is 19.6. The smallest absolute Gasteiger partial charge is 0.387 e. The minimum Gasteiger partial charge on any atom is -0.434 e. The summed E-state index contributed by atoms with van der Waals surface area (Å²) >= 11 is 0. The topological polar surface area (TPSA) is 88.7 Å². The molecule has 2 aromatic rings. The van der Waals surface area contributed by atoms with Crippen LogP contribution in [-0.4, -0.2) is 25.0 Å². The summed E-state index contributed by atoms with van der Waals surface area (Å²) in [6, 6.07) is 13.5. The Hall–Kier alpha value is -3.16. The summed E-state index contributed by atoms with van der Waals surface area (Å²) in [4.78, 5) is 15.7. The molecule has 0 saturated carbocycles. The molecule has 0 bridgehead atoms. The van der Waals surface area contributed by atoms with E-state index in [2.05, 4.69) is 20.4 Å². The summed E-state index contributed by atoms with van der Waals surface area (Å²) in [5, 5.41) is 6.16. The number of amides is 1. The molecule has 2 aromatic carbocycles. The molecule has 1 amide bonds. The van der Waals surface area contributed by atoms with Crippen molar-refractivity contribution in [1.82, 2.24) is 10.6 Å². The number of carbonyl (C=O) groups is 1. The Morgan fingerprint density at radius 1 is 1.19 bits per heavy atom. The molecule has 144 valence electrons. The Kier molecular flexibility index (Phi) is 7.54. The van der Waals surface area contributed by atoms with Crippen LogP contribution in [-0.2, 0) is 13.1 Å². The van der Waals surface area contributed by atoms with Crippen LogP contribution in [0.3, 0.4) is 0 Å². The number of para-hydroxylation sites is 1. The van der Waals surface area contributed by atoms with Crippen LogP contribution in [0.15, 0.2) is 53.5 Å². The predicted octanol–water partition coefficient (Wildman–Crippen LogP) is 2.64. The van der Waals surface area contributed by atoms with Gasteiger partial charge in [-0.2, -0.15) is 8.78 Å². The molecule has 0 fully saturated rings. The van der Waals surface area contributed by atoms with Gasteiger partial charge in [-0.05, 0) is 30.7 Å². The van der Waals surface area contributed by atoms with Gasteiger partial charge in [0.15, 0.2) is 5.96 Å². The Morgan fingerprint density at radius 2 is 1.96 bits per heavy atom. The number of halogens is 2. The van der Waals surface area contributed by atoms with Crippen LogP contribution >= 0.6 is 0 Å². The fourth-order valence-corrected chi connectivity index (χ4v) is 2.37. The second-order valence-corrected chi connectivity index (χ2v) is 5.60. The molecule has 0 spiro atoms. The average molecular weight is 376 g/mol. The van der Waals surface area contributed by atoms with Crippen LogP contribution in [0.4, 0.5) is 8.78 Å². The molecule has 27 heavy (non-hydrogen) atoms. The Morgan fingerprint density at radius 3 is 2.67 bits per heavy atom. The van der Waals surface area contributed by atoms with E-state index in [0.29, 0.717) is 30.2 Å². The minimum absolute atomic E-state index is 0.116. The highest BCUT2D eigenvalue weighted by molar-refractivity contribution is 5.92. The van der Waals surface area contributed by atoms with Crippen molar-refractivity contribution in [2.24, 2.45) is 10.7 Å². The van der Waals surface area contributed by atoms with Crippen molar-refractivity contribution < 1.29 is 18.3 Å². The number of nitrogens with zero attached hydrogens (tertiary/aromatic N) is 1. The van der Waals surface area contributed by atoms with Gasteiger partial charge in [0.25, 0.3) is 0 Å². The number of hydrogen-bond acceptors (Lipinski definition) is 3. The fourth-order valence-electron chi connectivity index (χ4n) is 2.37. The third-order valence-corrected chi connectivity index (χ3v) is 3.61. The number of carbonyl (C=O) groups excluding carboxylic acids is 1. The number of benzene rings is 2. The van der Waals surface area contributed by atoms with E-state index in [1.165, 1.54) is 6.07 Å². The molecule has 6 nitrogen and oxygen atoms in total. The summed E-state index contributed by atoms with van der Waals surface area (Å²) in [5.74, 6) is 0.125. The zero-order valence-corrected chi connectivity index (χ0v) is 14.9. The highest BCUT2D eigenvalue weighted by Gasteiger charge is 2.09. The molecule has 0 atom stereocenters. The molecule has 2 rings (SSSR count). The van der Waals surface area contributed by atoms with E-state index in [1.807, 2.05) is 13.0 Å². The molecule has 0 aliphatic carbocycles. The van der Waals surface area contributed by atoms with Gasteiger partial charge in [-0.25, -0.2) is 4.99 Å². The molecule has 0 radical (unpaired) electrons. The normalized spacial score (nSPS) is 11.3. The van der Waals surface area contributed by atoms with E-state index in [4.69, 9.17) is 5.73 Å². The Balaban J connectivity index is 2.06. The molecular formula is C19H22F2N4O2. The van der Waals surface area contributed by atoms with Crippen LogP contribution in [0.1, 0.15) is 28.4 Å². The molecular weight excluding hydrogens is 354 g/mol. The number of nitrogens with one attached hydrogen (secondary N) is 2. The molecule has 8 heteroatoms. The molecule has 0 saturated heterocycles. The van der Waals surface area contributed by atoms with Crippen LogP contribution in [0.5, 0.6) is 5.75 Å². The van der Waals surface area contributed by atoms with Gasteiger partial charge in [0.05, 0.1) is 6.54 Å². The molecule has 0 unspecified atom stereocenters. The monoisotopic (exact) mass is 376 g/mol. The quantitative estimate of drug-likeness (QED) is 0.488. The van der Waals surface area contributed by atoms with Gasteiger partial charge < -0.3 is 21.1 Å². The van der Waals surface area contributed by atoms with E-state index in [1.54, 1.807) is 36.4 Å². The lowest BCUT2D eigenvalue weighted by Crippen LogP contribution is -2.36. The number of ether oxygens (including phenoxy) is 1. The van der Waals surface area contributed by atoms with Gasteiger partial charge >= 0.3 is 6.61 Å². The summed E-state index contributed by atoms with van der Waals surface area (Å²) in [6.07, 6.45) is 0. The van der Waals surface area contributed by atoms with Gasteiger partial charge in [0.1, 0.15) is 5.75 Å². The first-order valence-electron chi connectivity index (χ1n) is 8.43. The molecule has 0 aliphatic rings. The number of primary amides is 1. The molecule has 0 aromatic heterocycles. The largest absolute Gasteiger partial charge is 0.434 e. The lowest BCUT2D eigenvalue weighted by molar-refractivity contribution is -0.0504. The van der Waals surface area contributed by atoms with Crippen molar-refractivity contribution in [3.8, 4) is 5.75 Å². The van der Waals surface area contributed by atoms with E-state index in [0.717, 1.165) is 5.56 Å². The maximum atomic E-state index is 12.5. The van der Waals surface area contributed by atoms with Crippen LogP contribution < -0.4 is 21.1 Å². The van der Waals surface area contributed by atoms with E-state index >= 15 is 0 Å². The first-order valence-corrected chi connectivity index (χ1v) is 8.43. The van der Waals surface area contributed by atoms with Crippen LogP contribution in [0.2, 0.25) is 0 Å². The van der Waals surface area contributed by atoms with Gasteiger partial charge in [0, 0.05) is 24.2 Å². The second kappa shape index (κ2) is 10.1. The summed E-state index contributed by atoms with van der Waals surface area (Å²) < 4.78 is 29.5. The Labute approximate surface area is 156 Å². The van der Waals surface area contributed by atoms with Gasteiger partial charge in [-0.15, -0.1) is 0 Å². The standard InChI is InChI=1S/C19H22F2N4O2/c1-2-23-19(24-11-13-6-5-8-14(10-13)17(22)26)25-12-15-7-3-4-9-16(15)27-18(20)21/h3-10,18H,2,11-12H2,1H3,(H2,22,26)(H2,23,24,25). The average Bonchev–Trinajstić information content (AvgIpc) is 2.65. The van der Waals surface area contributed by atoms with Crippen molar-refractivity contribution in [1.29, 1.82) is 0 Å². The highest BCUT2D eigenvalue weighted by atomic mass is 19.3. The van der Waals surface area contributed by atoms with E-state index in [-0.39, 0.29) is 12.3 Å². The minimum atomic E-state index is -2.88. The first kappa shape index (κ1) is 20.2. The van der Waals surface area contributed by atoms with E-state index in [9.17, 15) is 13.6 Å². The summed E-state index contributed by atoms with van der Waals surface area (Å²) in [5.41, 5.74) is 7.10. The Bertz CT molecular complexity index is 797. The highest BCUT2D eigenvalue weighted by Crippen LogP contribution is 2.19. The lowest BCUT2D eigenvalue weighted by Gasteiger charge is -2.14. The number of aliphatic imine (C=N–C) groups is 1. The van der Waals surface area contributed by atoms with Crippen molar-refractivity contribution in [2.75, 3.05) is 6.54 Å². The number of hydrogen-bond donors (Lipinski definition) is 3. The predicted molar refractivity (Wildman–Crippen MR) is 99.7 cm³/mol. The van der Waals surface area contributed by atoms with Gasteiger partial charge in [-0.3, -0.25) is 4.79 Å². The van der Waals surface area contributed by atoms with Crippen molar-refractivity contribution >= 4 is 11.9 Å². The lowest BCUT2D eigenvalue weighted by atomic mass is 10.1. The molecule has 0 aliphatic heterocycles. The van der Waals surface area contributed by atoms with Gasteiger partial charge in [-0.1, -0.05) is 30.3 Å². The maximum absolute atomic E-state index is 12.5. The second-order valence-electron chi connectivity index (χ2n) is 5.60. The summed E-state index contributed by atoms with van der Waals surface area (Å²) in [6.45, 7) is 0.244. The van der Waals surface area contributed by atoms with Crippen LogP contribution in [0, 0.1) is 0 Å². The maximum Gasteiger partial charge on any atom is 0.387 e. The van der Waals surface area contributed by atoms with E-state index < -0.39 is 12.5 Å². The third-order valence-electron chi connectivity index (χ3n) is 3.61. The SMILES string of the molecule is CCNC(=NCc1cccc(C(N)=O)c1)NCc1ccccc1OC(F)F. The third kappa shape index (κ3) is 6.58. The zero-order valence-electron chi connectivity index (χ0n) is 14.9. The van der Waals surface area contributed by atoms with Crippen molar-refractivity contribution in [3.63, 3.8) is 0 Å². The van der Waals surface area contributed by atoms with Crippen LogP contribution in [0.25, 0.3) is 0 Å². The fraction of sp³-hybridized carbons (Fsp3) is 0.263. The molecule has 0 heterocycles. The van der Waals surface area contributed by atoms with Crippen molar-refractivity contribution in [3.05, 3.63) is 65.2 Å². The molecule has 4 N–H and O–H groups in total. The number of rotatable bonds is 8. The number of nitrogens with two attached hydrogens (primary N) is 1.